The van der Waals surface area contributed by atoms with E-state index in [0.29, 0.717) is 10.8 Å². The quantitative estimate of drug-likeness (QED) is 0.898. The van der Waals surface area contributed by atoms with Gasteiger partial charge in [0.05, 0.1) is 12.3 Å². The summed E-state index contributed by atoms with van der Waals surface area (Å²) in [6.45, 7) is -0.0401. The lowest BCUT2D eigenvalue weighted by molar-refractivity contribution is -0.125. The van der Waals surface area contributed by atoms with E-state index in [-0.39, 0.29) is 30.1 Å². The number of aliphatic hydroxyl groups excluding tert-OH is 1. The van der Waals surface area contributed by atoms with Crippen molar-refractivity contribution in [2.45, 2.75) is 6.10 Å². The highest BCUT2D eigenvalue weighted by atomic mass is 35.5. The number of benzene rings is 1. The summed E-state index contributed by atoms with van der Waals surface area (Å²) in [5, 5.41) is 10.0. The molecule has 102 valence electrons. The van der Waals surface area contributed by atoms with Crippen LogP contribution >= 0.6 is 23.4 Å². The van der Waals surface area contributed by atoms with E-state index in [4.69, 9.17) is 16.3 Å². The van der Waals surface area contributed by atoms with Gasteiger partial charge in [0.2, 0.25) is 5.91 Å². The molecule has 7 heteroatoms. The molecule has 0 spiro atoms. The van der Waals surface area contributed by atoms with Crippen molar-refractivity contribution in [1.29, 1.82) is 0 Å². The summed E-state index contributed by atoms with van der Waals surface area (Å²) in [5.74, 6) is 0.432. The van der Waals surface area contributed by atoms with Crippen LogP contribution in [0.25, 0.3) is 0 Å². The summed E-state index contributed by atoms with van der Waals surface area (Å²) in [4.78, 5) is 23.7. The number of thioether (sulfide) groups is 1. The van der Waals surface area contributed by atoms with Crippen molar-refractivity contribution in [3.63, 3.8) is 0 Å². The largest absolute Gasteiger partial charge is 0.491 e. The number of β-amino-alcohol motifs (C(OH)–C–C–N with tert-alkyl or cyclic N) is 1. The van der Waals surface area contributed by atoms with Gasteiger partial charge in [-0.25, -0.2) is 0 Å². The van der Waals surface area contributed by atoms with Crippen molar-refractivity contribution in [2.75, 3.05) is 18.9 Å². The maximum Gasteiger partial charge on any atom is 0.288 e. The molecule has 1 aliphatic heterocycles. The molecule has 0 aromatic heterocycles. The average molecular weight is 302 g/mol. The number of halogens is 1. The zero-order chi connectivity index (χ0) is 13.8. The summed E-state index contributed by atoms with van der Waals surface area (Å²) in [6, 6.07) is 6.70. The minimum absolute atomic E-state index is 0.00333. The Morgan fingerprint density at radius 3 is 2.63 bits per heavy atom. The van der Waals surface area contributed by atoms with Crippen LogP contribution in [-0.2, 0) is 4.79 Å². The third-order valence-corrected chi connectivity index (χ3v) is 3.60. The highest BCUT2D eigenvalue weighted by Gasteiger charge is 2.31. The van der Waals surface area contributed by atoms with Gasteiger partial charge in [-0.2, -0.15) is 0 Å². The average Bonchev–Trinajstić information content (AvgIpc) is 2.70. The van der Waals surface area contributed by atoms with Gasteiger partial charge in [0, 0.05) is 5.02 Å². The normalized spacial score (nSPS) is 16.8. The van der Waals surface area contributed by atoms with Crippen LogP contribution in [0.4, 0.5) is 4.79 Å². The Morgan fingerprint density at radius 1 is 1.37 bits per heavy atom. The van der Waals surface area contributed by atoms with E-state index in [1.165, 1.54) is 0 Å². The van der Waals surface area contributed by atoms with E-state index in [2.05, 4.69) is 0 Å². The molecule has 1 atom stereocenters. The molecular weight excluding hydrogens is 290 g/mol. The van der Waals surface area contributed by atoms with E-state index >= 15 is 0 Å². The fraction of sp³-hybridized carbons (Fsp3) is 0.333. The van der Waals surface area contributed by atoms with E-state index < -0.39 is 6.10 Å². The molecule has 1 heterocycles. The van der Waals surface area contributed by atoms with Gasteiger partial charge in [-0.05, 0) is 24.3 Å². The lowest BCUT2D eigenvalue weighted by Gasteiger charge is -2.18. The summed E-state index contributed by atoms with van der Waals surface area (Å²) < 4.78 is 5.34. The highest BCUT2D eigenvalue weighted by molar-refractivity contribution is 8.14. The number of rotatable bonds is 5. The SMILES string of the molecule is O=C1CSC(=O)N1C[C@H](O)COc1ccc(Cl)cc1. The molecule has 1 aromatic carbocycles. The predicted octanol–water partition coefficient (Wildman–Crippen LogP) is 1.78. The summed E-state index contributed by atoms with van der Waals surface area (Å²) in [7, 11) is 0. The summed E-state index contributed by atoms with van der Waals surface area (Å²) in [6.07, 6.45) is -0.915. The second kappa shape index (κ2) is 6.27. The van der Waals surface area contributed by atoms with E-state index in [1.54, 1.807) is 24.3 Å². The molecule has 2 amide bonds. The van der Waals surface area contributed by atoms with Gasteiger partial charge in [0.1, 0.15) is 18.5 Å². The molecule has 19 heavy (non-hydrogen) atoms. The minimum Gasteiger partial charge on any atom is -0.491 e. The second-order valence-electron chi connectivity index (χ2n) is 3.98. The minimum atomic E-state index is -0.915. The van der Waals surface area contributed by atoms with E-state index in [1.807, 2.05) is 0 Å². The Labute approximate surface area is 119 Å². The first kappa shape index (κ1) is 14.2. The number of imide groups is 1. The lowest BCUT2D eigenvalue weighted by atomic mass is 10.3. The zero-order valence-electron chi connectivity index (χ0n) is 9.91. The number of amides is 2. The van der Waals surface area contributed by atoms with E-state index in [0.717, 1.165) is 16.7 Å². The topological polar surface area (TPSA) is 66.8 Å². The third-order valence-electron chi connectivity index (χ3n) is 2.49. The molecule has 2 rings (SSSR count). The summed E-state index contributed by atoms with van der Waals surface area (Å²) >= 11 is 6.67. The van der Waals surface area contributed by atoms with Crippen molar-refractivity contribution in [3.8, 4) is 5.75 Å². The standard InChI is InChI=1S/C12H12ClNO4S/c13-8-1-3-10(4-2-8)18-6-9(15)5-14-11(16)7-19-12(14)17/h1-4,9,15H,5-7H2/t9-/m0/s1. The second-order valence-corrected chi connectivity index (χ2v) is 5.34. The van der Waals surface area contributed by atoms with Gasteiger partial charge in [-0.1, -0.05) is 23.4 Å². The van der Waals surface area contributed by atoms with Crippen LogP contribution in [-0.4, -0.2) is 46.2 Å². The molecule has 1 N–H and O–H groups in total. The third kappa shape index (κ3) is 3.86. The number of carbonyl (C=O) groups is 2. The van der Waals surface area contributed by atoms with Gasteiger partial charge in [0.25, 0.3) is 5.24 Å². The molecule has 5 nitrogen and oxygen atoms in total. The van der Waals surface area contributed by atoms with Gasteiger partial charge < -0.3 is 9.84 Å². The lowest BCUT2D eigenvalue weighted by Crippen LogP contribution is -2.38. The Bertz CT molecular complexity index is 463. The number of hydrogen-bond donors (Lipinski definition) is 1. The Morgan fingerprint density at radius 2 is 2.05 bits per heavy atom. The van der Waals surface area contributed by atoms with Gasteiger partial charge >= 0.3 is 0 Å². The molecule has 0 unspecified atom stereocenters. The first-order chi connectivity index (χ1) is 9.06. The van der Waals surface area contributed by atoms with Gasteiger partial charge in [-0.15, -0.1) is 0 Å². The zero-order valence-corrected chi connectivity index (χ0v) is 11.5. The highest BCUT2D eigenvalue weighted by Crippen LogP contribution is 2.19. The fourth-order valence-corrected chi connectivity index (χ4v) is 2.41. The maximum absolute atomic E-state index is 11.3. The fourth-order valence-electron chi connectivity index (χ4n) is 1.54. The first-order valence-electron chi connectivity index (χ1n) is 5.60. The van der Waals surface area contributed by atoms with Crippen LogP contribution in [0.1, 0.15) is 0 Å². The monoisotopic (exact) mass is 301 g/mol. The first-order valence-corrected chi connectivity index (χ1v) is 6.96. The van der Waals surface area contributed by atoms with Crippen molar-refractivity contribution >= 4 is 34.5 Å². The van der Waals surface area contributed by atoms with Crippen LogP contribution in [0.2, 0.25) is 5.02 Å². The Balaban J connectivity index is 1.81. The molecule has 0 radical (unpaired) electrons. The number of hydrogen-bond acceptors (Lipinski definition) is 5. The molecule has 0 bridgehead atoms. The van der Waals surface area contributed by atoms with Crippen LogP contribution in [0.3, 0.4) is 0 Å². The Hall–Kier alpha value is -1.24. The van der Waals surface area contributed by atoms with Crippen LogP contribution in [0, 0.1) is 0 Å². The number of carbonyl (C=O) groups excluding carboxylic acids is 2. The summed E-state index contributed by atoms with van der Waals surface area (Å²) in [5.41, 5.74) is 0. The molecule has 1 aromatic rings. The number of nitrogens with zero attached hydrogens (tertiary/aromatic N) is 1. The predicted molar refractivity (Wildman–Crippen MR) is 72.5 cm³/mol. The molecule has 0 aliphatic carbocycles. The molecule has 1 fully saturated rings. The molecular formula is C12H12ClNO4S. The number of aliphatic hydroxyl groups is 1. The molecule has 0 saturated carbocycles. The molecule has 1 aliphatic rings. The van der Waals surface area contributed by atoms with E-state index in [9.17, 15) is 14.7 Å². The van der Waals surface area contributed by atoms with Crippen molar-refractivity contribution in [2.24, 2.45) is 0 Å². The van der Waals surface area contributed by atoms with Crippen molar-refractivity contribution < 1.29 is 19.4 Å². The Kier molecular flexibility index (Phi) is 4.68. The van der Waals surface area contributed by atoms with Gasteiger partial charge in [-0.3, -0.25) is 14.5 Å². The number of ether oxygens (including phenoxy) is 1. The van der Waals surface area contributed by atoms with Gasteiger partial charge in [0.15, 0.2) is 0 Å². The van der Waals surface area contributed by atoms with Crippen molar-refractivity contribution in [1.82, 2.24) is 4.90 Å². The van der Waals surface area contributed by atoms with Crippen LogP contribution in [0.15, 0.2) is 24.3 Å². The molecule has 1 saturated heterocycles. The smallest absolute Gasteiger partial charge is 0.288 e. The maximum atomic E-state index is 11.3. The van der Waals surface area contributed by atoms with Crippen molar-refractivity contribution in [3.05, 3.63) is 29.3 Å². The van der Waals surface area contributed by atoms with Crippen LogP contribution < -0.4 is 4.74 Å². The van der Waals surface area contributed by atoms with Crippen LogP contribution in [0.5, 0.6) is 5.75 Å².